The van der Waals surface area contributed by atoms with E-state index in [1.165, 1.54) is 9.58 Å². The lowest BCUT2D eigenvalue weighted by Crippen LogP contribution is -1.75. The summed E-state index contributed by atoms with van der Waals surface area (Å²) in [7, 11) is 0. The fraction of sp³-hybridized carbons (Fsp3) is 0.167. The maximum absolute atomic E-state index is 6.42. The Morgan fingerprint density at radius 3 is 2.68 bits per heavy atom. The van der Waals surface area contributed by atoms with E-state index in [2.05, 4.69) is 22.3 Å². The third kappa shape index (κ3) is 2.92. The van der Waals surface area contributed by atoms with Gasteiger partial charge in [-0.25, -0.2) is 0 Å². The molecular formula is C12H9ClN2S4. The molecule has 0 saturated carbocycles. The zero-order valence-corrected chi connectivity index (χ0v) is 13.9. The Hall–Kier alpha value is -0.270. The molecule has 0 N–H and O–H groups in total. The number of hydrogen-bond acceptors (Lipinski definition) is 6. The summed E-state index contributed by atoms with van der Waals surface area (Å²) in [6.07, 6.45) is 2.01. The van der Waals surface area contributed by atoms with E-state index in [1.807, 2.05) is 18.4 Å². The normalized spacial score (nSPS) is 11.3. The molecule has 0 fully saturated rings. The number of aromatic nitrogens is 2. The number of thioether (sulfide) groups is 2. The van der Waals surface area contributed by atoms with Gasteiger partial charge in [-0.1, -0.05) is 64.7 Å². The fourth-order valence-electron chi connectivity index (χ4n) is 1.62. The highest BCUT2D eigenvalue weighted by molar-refractivity contribution is 8.02. The summed E-state index contributed by atoms with van der Waals surface area (Å²) in [6.45, 7) is 0. The average molecular weight is 345 g/mol. The molecule has 7 heteroatoms. The standard InChI is InChI=1S/C12H9ClN2S4/c1-16-11-14-15-12(19-11)17-6-9-10(13)7-4-2-3-5-8(7)18-9/h2-5H,6H2,1H3. The maximum atomic E-state index is 6.42. The second-order valence-corrected chi connectivity index (χ2v) is 8.43. The molecule has 0 amide bonds. The summed E-state index contributed by atoms with van der Waals surface area (Å²) in [6, 6.07) is 8.24. The molecule has 3 aromatic rings. The van der Waals surface area contributed by atoms with Gasteiger partial charge in [0.05, 0.1) is 5.02 Å². The molecule has 0 atom stereocenters. The lowest BCUT2D eigenvalue weighted by Gasteiger charge is -1.94. The van der Waals surface area contributed by atoms with Crippen LogP contribution in [0.25, 0.3) is 10.1 Å². The molecule has 0 aliphatic heterocycles. The predicted octanol–water partition coefficient (Wildman–Crippen LogP) is 5.42. The van der Waals surface area contributed by atoms with Crippen LogP contribution in [0.4, 0.5) is 0 Å². The Morgan fingerprint density at radius 2 is 1.95 bits per heavy atom. The molecule has 0 unspecified atom stereocenters. The zero-order valence-electron chi connectivity index (χ0n) is 9.92. The second-order valence-electron chi connectivity index (χ2n) is 3.66. The van der Waals surface area contributed by atoms with Gasteiger partial charge in [0.1, 0.15) is 0 Å². The van der Waals surface area contributed by atoms with Crippen LogP contribution in [-0.4, -0.2) is 16.5 Å². The Labute approximate surface area is 132 Å². The van der Waals surface area contributed by atoms with Crippen molar-refractivity contribution in [2.75, 3.05) is 6.26 Å². The highest BCUT2D eigenvalue weighted by atomic mass is 35.5. The van der Waals surface area contributed by atoms with Gasteiger partial charge >= 0.3 is 0 Å². The van der Waals surface area contributed by atoms with Crippen LogP contribution in [0.5, 0.6) is 0 Å². The van der Waals surface area contributed by atoms with Crippen LogP contribution in [0.2, 0.25) is 5.02 Å². The van der Waals surface area contributed by atoms with Gasteiger partial charge in [0.2, 0.25) is 0 Å². The molecule has 19 heavy (non-hydrogen) atoms. The highest BCUT2D eigenvalue weighted by Crippen LogP contribution is 2.39. The molecule has 0 aliphatic carbocycles. The van der Waals surface area contributed by atoms with Crippen LogP contribution in [0, 0.1) is 0 Å². The molecule has 0 bridgehead atoms. The lowest BCUT2D eigenvalue weighted by atomic mass is 10.2. The lowest BCUT2D eigenvalue weighted by molar-refractivity contribution is 0.956. The quantitative estimate of drug-likeness (QED) is 0.590. The summed E-state index contributed by atoms with van der Waals surface area (Å²) in [5.41, 5.74) is 0. The summed E-state index contributed by atoms with van der Waals surface area (Å²) >= 11 is 13.1. The van der Waals surface area contributed by atoms with E-state index in [0.717, 1.165) is 24.8 Å². The number of halogens is 1. The first-order valence-corrected chi connectivity index (χ1v) is 9.66. The van der Waals surface area contributed by atoms with Crippen molar-refractivity contribution in [3.8, 4) is 0 Å². The Morgan fingerprint density at radius 1 is 1.16 bits per heavy atom. The van der Waals surface area contributed by atoms with Gasteiger partial charge in [-0.2, -0.15) is 0 Å². The van der Waals surface area contributed by atoms with Crippen molar-refractivity contribution in [1.82, 2.24) is 10.2 Å². The van der Waals surface area contributed by atoms with Crippen LogP contribution < -0.4 is 0 Å². The largest absolute Gasteiger partial charge is 0.175 e. The number of fused-ring (bicyclic) bond motifs is 1. The summed E-state index contributed by atoms with van der Waals surface area (Å²) < 4.78 is 3.24. The van der Waals surface area contributed by atoms with Crippen LogP contribution in [-0.2, 0) is 5.75 Å². The third-order valence-electron chi connectivity index (χ3n) is 2.49. The number of nitrogens with zero attached hydrogens (tertiary/aromatic N) is 2. The van der Waals surface area contributed by atoms with Gasteiger partial charge in [0.25, 0.3) is 0 Å². The van der Waals surface area contributed by atoms with Gasteiger partial charge in [-0.3, -0.25) is 0 Å². The molecule has 0 saturated heterocycles. The van der Waals surface area contributed by atoms with Crippen LogP contribution in [0.3, 0.4) is 0 Å². The van der Waals surface area contributed by atoms with E-state index in [0.29, 0.717) is 0 Å². The minimum absolute atomic E-state index is 0.848. The maximum Gasteiger partial charge on any atom is 0.175 e. The van der Waals surface area contributed by atoms with Crippen molar-refractivity contribution < 1.29 is 0 Å². The molecule has 98 valence electrons. The molecule has 0 aliphatic rings. The first-order valence-electron chi connectivity index (χ1n) is 5.44. The Kier molecular flexibility index (Phi) is 4.34. The minimum atomic E-state index is 0.848. The molecular weight excluding hydrogens is 336 g/mol. The molecule has 2 heterocycles. The smallest absolute Gasteiger partial charge is 0.138 e. The third-order valence-corrected chi connectivity index (χ3v) is 7.45. The number of rotatable bonds is 4. The van der Waals surface area contributed by atoms with Gasteiger partial charge in [0, 0.05) is 20.7 Å². The van der Waals surface area contributed by atoms with E-state index in [9.17, 15) is 0 Å². The van der Waals surface area contributed by atoms with Crippen LogP contribution in [0.1, 0.15) is 4.88 Å². The summed E-state index contributed by atoms with van der Waals surface area (Å²) in [4.78, 5) is 1.20. The van der Waals surface area contributed by atoms with Crippen molar-refractivity contribution in [1.29, 1.82) is 0 Å². The SMILES string of the molecule is CSc1nnc(SCc2sc3ccccc3c2Cl)s1. The molecule has 0 radical (unpaired) electrons. The molecule has 3 rings (SSSR count). The number of hydrogen-bond donors (Lipinski definition) is 0. The Bertz CT molecular complexity index is 707. The second kappa shape index (κ2) is 6.01. The van der Waals surface area contributed by atoms with Crippen molar-refractivity contribution in [3.63, 3.8) is 0 Å². The van der Waals surface area contributed by atoms with Crippen molar-refractivity contribution >= 4 is 67.9 Å². The number of benzene rings is 1. The van der Waals surface area contributed by atoms with Crippen LogP contribution >= 0.6 is 57.8 Å². The van der Waals surface area contributed by atoms with Crippen molar-refractivity contribution in [3.05, 3.63) is 34.2 Å². The van der Waals surface area contributed by atoms with E-state index in [4.69, 9.17) is 11.6 Å². The van der Waals surface area contributed by atoms with Crippen LogP contribution in [0.15, 0.2) is 32.9 Å². The number of thiophene rings is 1. The van der Waals surface area contributed by atoms with Crippen molar-refractivity contribution in [2.24, 2.45) is 0 Å². The van der Waals surface area contributed by atoms with Gasteiger partial charge < -0.3 is 0 Å². The highest BCUT2D eigenvalue weighted by Gasteiger charge is 2.11. The van der Waals surface area contributed by atoms with E-state index >= 15 is 0 Å². The van der Waals surface area contributed by atoms with Gasteiger partial charge in [-0.15, -0.1) is 21.5 Å². The molecule has 2 aromatic heterocycles. The monoisotopic (exact) mass is 344 g/mol. The van der Waals surface area contributed by atoms with E-state index < -0.39 is 0 Å². The first kappa shape index (κ1) is 13.7. The Balaban J connectivity index is 1.79. The predicted molar refractivity (Wildman–Crippen MR) is 88.1 cm³/mol. The van der Waals surface area contributed by atoms with Gasteiger partial charge in [0.15, 0.2) is 8.68 Å². The van der Waals surface area contributed by atoms with Gasteiger partial charge in [-0.05, 0) is 12.3 Å². The molecule has 0 spiro atoms. The summed E-state index contributed by atoms with van der Waals surface area (Å²) in [5, 5.41) is 10.3. The minimum Gasteiger partial charge on any atom is -0.138 e. The zero-order chi connectivity index (χ0) is 13.2. The van der Waals surface area contributed by atoms with E-state index in [-0.39, 0.29) is 0 Å². The van der Waals surface area contributed by atoms with E-state index in [1.54, 1.807) is 46.2 Å². The average Bonchev–Trinajstić information content (AvgIpc) is 3.02. The fourth-order valence-corrected chi connectivity index (χ4v) is 5.72. The molecule has 2 nitrogen and oxygen atoms in total. The first-order chi connectivity index (χ1) is 9.28. The molecule has 1 aromatic carbocycles. The topological polar surface area (TPSA) is 25.8 Å². The summed E-state index contributed by atoms with van der Waals surface area (Å²) in [5.74, 6) is 0.848. The van der Waals surface area contributed by atoms with Crippen molar-refractivity contribution in [2.45, 2.75) is 14.4 Å².